The fourth-order valence-electron chi connectivity index (χ4n) is 4.43. The summed E-state index contributed by atoms with van der Waals surface area (Å²) in [5.41, 5.74) is 5.43. The molecule has 0 spiro atoms. The van der Waals surface area contributed by atoms with E-state index in [4.69, 9.17) is 18.9 Å². The molecule has 0 saturated carbocycles. The maximum absolute atomic E-state index is 13.1. The highest BCUT2D eigenvalue weighted by Crippen LogP contribution is 2.44. The molecule has 1 aromatic carbocycles. The average molecular weight is 498 g/mol. The van der Waals surface area contributed by atoms with E-state index < -0.39 is 17.9 Å². The van der Waals surface area contributed by atoms with Crippen molar-refractivity contribution in [2.24, 2.45) is 0 Å². The van der Waals surface area contributed by atoms with Crippen LogP contribution in [0.5, 0.6) is 11.5 Å². The lowest BCUT2D eigenvalue weighted by Crippen LogP contribution is -2.35. The van der Waals surface area contributed by atoms with Crippen LogP contribution in [-0.2, 0) is 19.1 Å². The minimum atomic E-state index is -0.691. The molecule has 2 rings (SSSR count). The topological polar surface area (TPSA) is 74.3 Å². The minimum Gasteiger partial charge on any atom is -0.493 e. The molecule has 0 atom stereocenters. The van der Waals surface area contributed by atoms with Gasteiger partial charge in [-0.2, -0.15) is 0 Å². The molecule has 1 aliphatic rings. The second-order valence-corrected chi connectivity index (χ2v) is 9.01. The summed E-state index contributed by atoms with van der Waals surface area (Å²) in [7, 11) is 5.78. The monoisotopic (exact) mass is 497 g/mol. The number of ether oxygens (including phenoxy) is 4. The average Bonchev–Trinajstić information content (AvgIpc) is 2.86. The van der Waals surface area contributed by atoms with Gasteiger partial charge in [-0.15, -0.1) is 0 Å². The van der Waals surface area contributed by atoms with Crippen LogP contribution in [0.2, 0.25) is 0 Å². The Balaban J connectivity index is 2.65. The lowest BCUT2D eigenvalue weighted by molar-refractivity contribution is -0.137. The standard InChI is InChI=1S/C29H39NO6/c1-18(2)11-10-12-19(3)15-16-30-20(4)25(28(31)35-8)27(26(21(30)5)29(32)36-9)22-13-14-23(33-6)24(17-22)34-7/h11,13-15,17,27H,10,12,16H2,1-9H3. The van der Waals surface area contributed by atoms with Gasteiger partial charge in [0.1, 0.15) is 0 Å². The number of methoxy groups -OCH3 is 4. The number of rotatable bonds is 10. The van der Waals surface area contributed by atoms with Gasteiger partial charge >= 0.3 is 11.9 Å². The quantitative estimate of drug-likeness (QED) is 0.304. The summed E-state index contributed by atoms with van der Waals surface area (Å²) in [6.07, 6.45) is 6.25. The number of hydrogen-bond acceptors (Lipinski definition) is 7. The zero-order valence-electron chi connectivity index (χ0n) is 23.0. The van der Waals surface area contributed by atoms with Crippen LogP contribution in [0, 0.1) is 0 Å². The van der Waals surface area contributed by atoms with Gasteiger partial charge in [-0.3, -0.25) is 0 Å². The Hall–Kier alpha value is -3.48. The molecule has 1 aliphatic heterocycles. The molecular formula is C29H39NO6. The number of carbonyl (C=O) groups is 2. The maximum Gasteiger partial charge on any atom is 0.336 e. The third-order valence-electron chi connectivity index (χ3n) is 6.43. The number of carbonyl (C=O) groups excluding carboxylic acids is 2. The fourth-order valence-corrected chi connectivity index (χ4v) is 4.43. The zero-order valence-corrected chi connectivity index (χ0v) is 23.0. The van der Waals surface area contributed by atoms with E-state index >= 15 is 0 Å². The second kappa shape index (κ2) is 13.0. The highest BCUT2D eigenvalue weighted by molar-refractivity contribution is 5.99. The summed E-state index contributed by atoms with van der Waals surface area (Å²) < 4.78 is 21.2. The van der Waals surface area contributed by atoms with Crippen molar-refractivity contribution < 1.29 is 28.5 Å². The van der Waals surface area contributed by atoms with Crippen LogP contribution in [0.1, 0.15) is 58.9 Å². The van der Waals surface area contributed by atoms with Crippen LogP contribution in [0.3, 0.4) is 0 Å². The summed E-state index contributed by atoms with van der Waals surface area (Å²) >= 11 is 0. The SMILES string of the molecule is COC(=O)C1=C(C)N(CC=C(C)CCC=C(C)C)C(C)=C(C(=O)OC)C1c1ccc(OC)c(OC)c1. The van der Waals surface area contributed by atoms with Crippen LogP contribution in [-0.4, -0.2) is 51.8 Å². The molecule has 0 unspecified atom stereocenters. The smallest absolute Gasteiger partial charge is 0.336 e. The molecule has 7 nitrogen and oxygen atoms in total. The molecule has 0 aromatic heterocycles. The van der Waals surface area contributed by atoms with Gasteiger partial charge in [0.25, 0.3) is 0 Å². The molecule has 1 aromatic rings. The minimum absolute atomic E-state index is 0.381. The van der Waals surface area contributed by atoms with E-state index in [0.29, 0.717) is 34.8 Å². The summed E-state index contributed by atoms with van der Waals surface area (Å²) in [5, 5.41) is 0. The number of hydrogen-bond donors (Lipinski definition) is 0. The first kappa shape index (κ1) is 28.8. The van der Waals surface area contributed by atoms with Crippen molar-refractivity contribution in [3.05, 3.63) is 69.6 Å². The van der Waals surface area contributed by atoms with Crippen molar-refractivity contribution in [2.45, 2.75) is 53.4 Å². The molecule has 0 amide bonds. The van der Waals surface area contributed by atoms with Gasteiger partial charge in [-0.25, -0.2) is 9.59 Å². The van der Waals surface area contributed by atoms with Gasteiger partial charge < -0.3 is 23.8 Å². The molecule has 1 heterocycles. The number of nitrogens with zero attached hydrogens (tertiary/aromatic N) is 1. The Morgan fingerprint density at radius 1 is 0.861 bits per heavy atom. The van der Waals surface area contributed by atoms with Crippen LogP contribution in [0.25, 0.3) is 0 Å². The summed E-state index contributed by atoms with van der Waals surface area (Å²) in [6.45, 7) is 10.5. The van der Waals surface area contributed by atoms with E-state index in [9.17, 15) is 9.59 Å². The van der Waals surface area contributed by atoms with Crippen molar-refractivity contribution in [1.82, 2.24) is 4.90 Å². The first-order valence-electron chi connectivity index (χ1n) is 12.0. The second-order valence-electron chi connectivity index (χ2n) is 9.01. The summed E-state index contributed by atoms with van der Waals surface area (Å²) in [5.74, 6) is -0.654. The zero-order chi connectivity index (χ0) is 27.0. The van der Waals surface area contributed by atoms with E-state index in [0.717, 1.165) is 24.2 Å². The predicted octanol–water partition coefficient (Wildman–Crippen LogP) is 5.69. The molecule has 0 bridgehead atoms. The summed E-state index contributed by atoms with van der Waals surface area (Å²) in [6, 6.07) is 5.36. The highest BCUT2D eigenvalue weighted by Gasteiger charge is 2.40. The van der Waals surface area contributed by atoms with Gasteiger partial charge in [0.15, 0.2) is 11.5 Å². The Morgan fingerprint density at radius 3 is 1.89 bits per heavy atom. The molecule has 0 N–H and O–H groups in total. The lowest BCUT2D eigenvalue weighted by atomic mass is 9.79. The third kappa shape index (κ3) is 6.39. The van der Waals surface area contributed by atoms with Crippen molar-refractivity contribution in [3.8, 4) is 11.5 Å². The Labute approximate surface area is 215 Å². The summed E-state index contributed by atoms with van der Waals surface area (Å²) in [4.78, 5) is 28.2. The van der Waals surface area contributed by atoms with Gasteiger partial charge in [0.2, 0.25) is 0 Å². The molecule has 0 radical (unpaired) electrons. The van der Waals surface area contributed by atoms with Crippen LogP contribution in [0.15, 0.2) is 64.0 Å². The highest BCUT2D eigenvalue weighted by atomic mass is 16.5. The van der Waals surface area contributed by atoms with Crippen molar-refractivity contribution in [3.63, 3.8) is 0 Å². The first-order valence-corrected chi connectivity index (χ1v) is 12.0. The first-order chi connectivity index (χ1) is 17.1. The fraction of sp³-hybridized carbons (Fsp3) is 0.448. The molecular weight excluding hydrogens is 458 g/mol. The van der Waals surface area contributed by atoms with Crippen LogP contribution in [0.4, 0.5) is 0 Å². The van der Waals surface area contributed by atoms with Crippen molar-refractivity contribution in [1.29, 1.82) is 0 Å². The maximum atomic E-state index is 13.1. The van der Waals surface area contributed by atoms with Gasteiger partial charge in [-0.05, 0) is 65.2 Å². The molecule has 196 valence electrons. The molecule has 7 heteroatoms. The molecule has 0 aliphatic carbocycles. The third-order valence-corrected chi connectivity index (χ3v) is 6.43. The van der Waals surface area contributed by atoms with E-state index in [2.05, 4.69) is 32.9 Å². The van der Waals surface area contributed by atoms with Crippen LogP contribution >= 0.6 is 0 Å². The van der Waals surface area contributed by atoms with E-state index in [1.165, 1.54) is 25.4 Å². The largest absolute Gasteiger partial charge is 0.493 e. The molecule has 36 heavy (non-hydrogen) atoms. The van der Waals surface area contributed by atoms with E-state index in [1.54, 1.807) is 26.4 Å². The Bertz CT molecular complexity index is 1060. The molecule has 0 fully saturated rings. The van der Waals surface area contributed by atoms with Crippen molar-refractivity contribution in [2.75, 3.05) is 35.0 Å². The van der Waals surface area contributed by atoms with Gasteiger partial charge in [0, 0.05) is 17.9 Å². The number of benzene rings is 1. The van der Waals surface area contributed by atoms with Gasteiger partial charge in [-0.1, -0.05) is 29.4 Å². The normalized spacial score (nSPS) is 14.6. The number of esters is 2. The predicted molar refractivity (Wildman–Crippen MR) is 141 cm³/mol. The Kier molecular flexibility index (Phi) is 10.4. The lowest BCUT2D eigenvalue weighted by Gasteiger charge is -2.37. The van der Waals surface area contributed by atoms with Crippen LogP contribution < -0.4 is 9.47 Å². The van der Waals surface area contributed by atoms with E-state index in [1.807, 2.05) is 24.8 Å². The van der Waals surface area contributed by atoms with E-state index in [-0.39, 0.29) is 0 Å². The molecule has 0 saturated heterocycles. The number of allylic oxidation sites excluding steroid dienone is 5. The van der Waals surface area contributed by atoms with Crippen molar-refractivity contribution >= 4 is 11.9 Å². The Morgan fingerprint density at radius 2 is 1.42 bits per heavy atom. The van der Waals surface area contributed by atoms with Gasteiger partial charge in [0.05, 0.1) is 45.5 Å².